The van der Waals surface area contributed by atoms with Crippen LogP contribution in [-0.2, 0) is 17.8 Å². The van der Waals surface area contributed by atoms with Crippen molar-refractivity contribution in [1.29, 1.82) is 0 Å². The molecule has 0 aliphatic carbocycles. The smallest absolute Gasteiger partial charge is 0.264 e. The summed E-state index contributed by atoms with van der Waals surface area (Å²) in [5.41, 5.74) is 2.21. The molecular formula is C17H16BrNO2. The van der Waals surface area contributed by atoms with Crippen molar-refractivity contribution in [2.24, 2.45) is 0 Å². The molecule has 0 spiro atoms. The van der Waals surface area contributed by atoms with Crippen molar-refractivity contribution in [3.8, 4) is 5.75 Å². The first-order valence-electron chi connectivity index (χ1n) is 6.87. The predicted molar refractivity (Wildman–Crippen MR) is 85.2 cm³/mol. The topological polar surface area (TPSA) is 29.5 Å². The lowest BCUT2D eigenvalue weighted by Gasteiger charge is -2.21. The van der Waals surface area contributed by atoms with Gasteiger partial charge in [0.25, 0.3) is 5.91 Å². The Bertz CT molecular complexity index is 629. The number of rotatable bonds is 3. The summed E-state index contributed by atoms with van der Waals surface area (Å²) in [6.45, 7) is 0.586. The summed E-state index contributed by atoms with van der Waals surface area (Å²) < 4.78 is 6.78. The average Bonchev–Trinajstić information content (AvgIpc) is 2.92. The molecule has 0 radical (unpaired) electrons. The number of carbonyl (C=O) groups is 1. The van der Waals surface area contributed by atoms with Crippen LogP contribution in [0.3, 0.4) is 0 Å². The quantitative estimate of drug-likeness (QED) is 0.852. The van der Waals surface area contributed by atoms with Crippen molar-refractivity contribution in [3.63, 3.8) is 0 Å². The van der Waals surface area contributed by atoms with Gasteiger partial charge >= 0.3 is 0 Å². The van der Waals surface area contributed by atoms with Gasteiger partial charge in [0.05, 0.1) is 0 Å². The van der Waals surface area contributed by atoms with E-state index in [9.17, 15) is 4.79 Å². The van der Waals surface area contributed by atoms with E-state index in [0.717, 1.165) is 21.3 Å². The van der Waals surface area contributed by atoms with E-state index in [1.165, 1.54) is 0 Å². The minimum Gasteiger partial charge on any atom is -0.480 e. The fourth-order valence-electron chi connectivity index (χ4n) is 2.51. The molecule has 0 saturated heterocycles. The molecule has 1 aliphatic heterocycles. The molecule has 3 nitrogen and oxygen atoms in total. The SMILES string of the molecule is CN(Cc1ccc(Br)cc1)C(=O)[C@H]1Cc2ccccc2O1. The zero-order chi connectivity index (χ0) is 14.8. The maximum absolute atomic E-state index is 12.5. The first-order valence-corrected chi connectivity index (χ1v) is 7.67. The predicted octanol–water partition coefficient (Wildman–Crippen LogP) is 3.41. The molecule has 0 aromatic heterocycles. The van der Waals surface area contributed by atoms with Gasteiger partial charge in [0.1, 0.15) is 5.75 Å². The van der Waals surface area contributed by atoms with Crippen LogP contribution in [0, 0.1) is 0 Å². The van der Waals surface area contributed by atoms with Gasteiger partial charge in [-0.2, -0.15) is 0 Å². The second-order valence-electron chi connectivity index (χ2n) is 5.24. The third kappa shape index (κ3) is 3.10. The summed E-state index contributed by atoms with van der Waals surface area (Å²) in [6.07, 6.45) is 0.252. The van der Waals surface area contributed by atoms with Crippen LogP contribution in [0.4, 0.5) is 0 Å². The van der Waals surface area contributed by atoms with E-state index >= 15 is 0 Å². The van der Waals surface area contributed by atoms with Crippen LogP contribution in [0.5, 0.6) is 5.75 Å². The zero-order valence-electron chi connectivity index (χ0n) is 11.8. The molecule has 0 unspecified atom stereocenters. The van der Waals surface area contributed by atoms with Gasteiger partial charge in [-0.25, -0.2) is 0 Å². The highest BCUT2D eigenvalue weighted by atomic mass is 79.9. The average molecular weight is 346 g/mol. The van der Waals surface area contributed by atoms with Crippen molar-refractivity contribution >= 4 is 21.8 Å². The number of amides is 1. The molecule has 0 fully saturated rings. The van der Waals surface area contributed by atoms with Gasteiger partial charge in [-0.15, -0.1) is 0 Å². The van der Waals surface area contributed by atoms with Crippen molar-refractivity contribution in [2.45, 2.75) is 19.1 Å². The highest BCUT2D eigenvalue weighted by molar-refractivity contribution is 9.10. The lowest BCUT2D eigenvalue weighted by molar-refractivity contribution is -0.137. The number of para-hydroxylation sites is 1. The molecule has 3 rings (SSSR count). The Balaban J connectivity index is 1.65. The summed E-state index contributed by atoms with van der Waals surface area (Å²) in [5.74, 6) is 0.849. The molecule has 2 aromatic rings. The standard InChI is InChI=1S/C17H16BrNO2/c1-19(11-12-6-8-14(18)9-7-12)17(20)16-10-13-4-2-3-5-15(13)21-16/h2-9,16H,10-11H2,1H3/t16-/m1/s1. The minimum absolute atomic E-state index is 0.0223. The summed E-state index contributed by atoms with van der Waals surface area (Å²) in [4.78, 5) is 14.2. The Labute approximate surface area is 132 Å². The van der Waals surface area contributed by atoms with Crippen molar-refractivity contribution in [1.82, 2.24) is 4.90 Å². The van der Waals surface area contributed by atoms with Crippen LogP contribution in [-0.4, -0.2) is 24.0 Å². The number of hydrogen-bond donors (Lipinski definition) is 0. The van der Waals surface area contributed by atoms with E-state index in [0.29, 0.717) is 13.0 Å². The van der Waals surface area contributed by atoms with Crippen LogP contribution in [0.15, 0.2) is 53.0 Å². The summed E-state index contributed by atoms with van der Waals surface area (Å²) in [5, 5.41) is 0. The molecule has 1 heterocycles. The molecule has 21 heavy (non-hydrogen) atoms. The van der Waals surface area contributed by atoms with E-state index in [1.807, 2.05) is 55.6 Å². The lowest BCUT2D eigenvalue weighted by atomic mass is 10.1. The number of nitrogens with zero attached hydrogens (tertiary/aromatic N) is 1. The number of hydrogen-bond acceptors (Lipinski definition) is 2. The third-order valence-corrected chi connectivity index (χ3v) is 4.16. The minimum atomic E-state index is -0.400. The first-order chi connectivity index (χ1) is 10.1. The van der Waals surface area contributed by atoms with E-state index in [1.54, 1.807) is 4.90 Å². The van der Waals surface area contributed by atoms with Gasteiger partial charge < -0.3 is 9.64 Å². The molecule has 0 saturated carbocycles. The van der Waals surface area contributed by atoms with Crippen LogP contribution in [0.2, 0.25) is 0 Å². The van der Waals surface area contributed by atoms with Crippen molar-refractivity contribution in [2.75, 3.05) is 7.05 Å². The van der Waals surface area contributed by atoms with E-state index in [4.69, 9.17) is 4.74 Å². The fourth-order valence-corrected chi connectivity index (χ4v) is 2.77. The number of likely N-dealkylation sites (N-methyl/N-ethyl adjacent to an activating group) is 1. The van der Waals surface area contributed by atoms with Gasteiger partial charge in [0.2, 0.25) is 0 Å². The zero-order valence-corrected chi connectivity index (χ0v) is 13.3. The fraction of sp³-hybridized carbons (Fsp3) is 0.235. The Kier molecular flexibility index (Phi) is 3.97. The van der Waals surface area contributed by atoms with Gasteiger partial charge in [-0.1, -0.05) is 46.3 Å². The second kappa shape index (κ2) is 5.90. The van der Waals surface area contributed by atoms with Crippen molar-refractivity contribution < 1.29 is 9.53 Å². The molecule has 2 aromatic carbocycles. The Hall–Kier alpha value is -1.81. The molecule has 0 bridgehead atoms. The Morgan fingerprint density at radius 2 is 1.95 bits per heavy atom. The number of fused-ring (bicyclic) bond motifs is 1. The molecular weight excluding hydrogens is 330 g/mol. The first kappa shape index (κ1) is 14.1. The number of ether oxygens (including phenoxy) is 1. The highest BCUT2D eigenvalue weighted by Gasteiger charge is 2.30. The van der Waals surface area contributed by atoms with Crippen LogP contribution in [0.25, 0.3) is 0 Å². The maximum atomic E-state index is 12.5. The normalized spacial score (nSPS) is 16.2. The molecule has 1 aliphatic rings. The van der Waals surface area contributed by atoms with Crippen LogP contribution in [0.1, 0.15) is 11.1 Å². The molecule has 4 heteroatoms. The monoisotopic (exact) mass is 345 g/mol. The Morgan fingerprint density at radius 3 is 2.67 bits per heavy atom. The lowest BCUT2D eigenvalue weighted by Crippen LogP contribution is -2.38. The molecule has 1 atom stereocenters. The van der Waals surface area contributed by atoms with Gasteiger partial charge in [-0.3, -0.25) is 4.79 Å². The van der Waals surface area contributed by atoms with E-state index in [2.05, 4.69) is 15.9 Å². The molecule has 0 N–H and O–H groups in total. The summed E-state index contributed by atoms with van der Waals surface area (Å²) >= 11 is 3.41. The molecule has 1 amide bonds. The highest BCUT2D eigenvalue weighted by Crippen LogP contribution is 2.29. The van der Waals surface area contributed by atoms with Gasteiger partial charge in [0, 0.05) is 24.5 Å². The molecule has 108 valence electrons. The maximum Gasteiger partial charge on any atom is 0.264 e. The second-order valence-corrected chi connectivity index (χ2v) is 6.15. The van der Waals surface area contributed by atoms with Crippen LogP contribution < -0.4 is 4.74 Å². The summed E-state index contributed by atoms with van der Waals surface area (Å²) in [7, 11) is 1.82. The largest absolute Gasteiger partial charge is 0.480 e. The van der Waals surface area contributed by atoms with E-state index in [-0.39, 0.29) is 5.91 Å². The van der Waals surface area contributed by atoms with Crippen molar-refractivity contribution in [3.05, 3.63) is 64.1 Å². The Morgan fingerprint density at radius 1 is 1.24 bits per heavy atom. The summed E-state index contributed by atoms with van der Waals surface area (Å²) in [6, 6.07) is 15.8. The van der Waals surface area contributed by atoms with Gasteiger partial charge in [0.15, 0.2) is 6.10 Å². The number of carbonyl (C=O) groups excluding carboxylic acids is 1. The van der Waals surface area contributed by atoms with Gasteiger partial charge in [-0.05, 0) is 29.3 Å². The van der Waals surface area contributed by atoms with Crippen LogP contribution >= 0.6 is 15.9 Å². The number of halogens is 1. The third-order valence-electron chi connectivity index (χ3n) is 3.63. The van der Waals surface area contributed by atoms with E-state index < -0.39 is 6.10 Å². The number of benzene rings is 2.